The predicted molar refractivity (Wildman–Crippen MR) is 138 cm³/mol. The monoisotopic (exact) mass is 486 g/mol. The van der Waals surface area contributed by atoms with Gasteiger partial charge in [0.15, 0.2) is 5.78 Å². The summed E-state index contributed by atoms with van der Waals surface area (Å²) in [5.74, 6) is 2.10. The Kier molecular flexibility index (Phi) is 6.46. The van der Waals surface area contributed by atoms with Crippen molar-refractivity contribution in [1.82, 2.24) is 4.98 Å². The first-order chi connectivity index (χ1) is 16.9. The van der Waals surface area contributed by atoms with E-state index in [1.807, 2.05) is 54.6 Å². The lowest BCUT2D eigenvalue weighted by Gasteiger charge is -2.39. The van der Waals surface area contributed by atoms with Gasteiger partial charge in [-0.05, 0) is 67.3 Å². The minimum Gasteiger partial charge on any atom is -0.461 e. The van der Waals surface area contributed by atoms with Crippen molar-refractivity contribution in [3.05, 3.63) is 106 Å². The summed E-state index contributed by atoms with van der Waals surface area (Å²) in [4.78, 5) is 19.8. The van der Waals surface area contributed by atoms with Crippen LogP contribution in [0.4, 0.5) is 5.82 Å². The molecular formula is C29H27ClN2O3. The van der Waals surface area contributed by atoms with E-state index in [1.165, 1.54) is 0 Å². The summed E-state index contributed by atoms with van der Waals surface area (Å²) in [6.07, 6.45) is 3.31. The fourth-order valence-corrected chi connectivity index (χ4v) is 4.77. The first kappa shape index (κ1) is 23.3. The van der Waals surface area contributed by atoms with Crippen LogP contribution in [0.1, 0.15) is 40.1 Å². The van der Waals surface area contributed by atoms with Crippen molar-refractivity contribution in [2.75, 3.05) is 18.0 Å². The van der Waals surface area contributed by atoms with Crippen LogP contribution in [-0.2, 0) is 12.0 Å². The number of carbonyl (C=O) groups is 1. The van der Waals surface area contributed by atoms with Gasteiger partial charge >= 0.3 is 0 Å². The number of carbonyl (C=O) groups excluding carboxylic acids is 1. The molecule has 1 aliphatic rings. The van der Waals surface area contributed by atoms with Crippen LogP contribution < -0.4 is 4.90 Å². The molecule has 1 fully saturated rings. The number of ketones is 1. The number of Topliss-reactive ketones (excluding diaryl/α,β-unsaturated/α-hetero) is 1. The molecule has 5 rings (SSSR count). The lowest BCUT2D eigenvalue weighted by molar-refractivity contribution is 0.0116. The zero-order chi connectivity index (χ0) is 24.4. The van der Waals surface area contributed by atoms with Crippen molar-refractivity contribution in [3.63, 3.8) is 0 Å². The summed E-state index contributed by atoms with van der Waals surface area (Å²) < 4.78 is 5.84. The maximum atomic E-state index is 13.0. The van der Waals surface area contributed by atoms with E-state index in [2.05, 4.69) is 9.88 Å². The number of furan rings is 1. The quantitative estimate of drug-likeness (QED) is 0.328. The number of benzene rings is 2. The van der Waals surface area contributed by atoms with Gasteiger partial charge in [-0.15, -0.1) is 0 Å². The average molecular weight is 487 g/mol. The maximum absolute atomic E-state index is 13.0. The van der Waals surface area contributed by atoms with Crippen molar-refractivity contribution < 1.29 is 14.3 Å². The molecule has 0 amide bonds. The second kappa shape index (κ2) is 9.68. The topological polar surface area (TPSA) is 66.6 Å². The minimum absolute atomic E-state index is 0.00749. The van der Waals surface area contributed by atoms with Gasteiger partial charge in [0.25, 0.3) is 0 Å². The Morgan fingerprint density at radius 2 is 1.77 bits per heavy atom. The van der Waals surface area contributed by atoms with Gasteiger partial charge in [0.1, 0.15) is 17.3 Å². The molecular weight excluding hydrogens is 460 g/mol. The molecule has 0 aliphatic carbocycles. The fourth-order valence-electron chi connectivity index (χ4n) is 4.65. The molecule has 178 valence electrons. The van der Waals surface area contributed by atoms with Gasteiger partial charge in [-0.25, -0.2) is 4.98 Å². The Morgan fingerprint density at radius 3 is 2.43 bits per heavy atom. The van der Waals surface area contributed by atoms with Crippen LogP contribution in [0.5, 0.6) is 0 Å². The first-order valence-corrected chi connectivity index (χ1v) is 12.2. The largest absolute Gasteiger partial charge is 0.461 e. The van der Waals surface area contributed by atoms with Crippen molar-refractivity contribution >= 4 is 23.2 Å². The van der Waals surface area contributed by atoms with Gasteiger partial charge in [0.2, 0.25) is 0 Å². The molecule has 0 saturated carbocycles. The fraction of sp³-hybridized carbons (Fsp3) is 0.241. The zero-order valence-electron chi connectivity index (χ0n) is 19.6. The number of anilines is 1. The number of aliphatic hydroxyl groups is 1. The Labute approximate surface area is 210 Å². The number of pyridine rings is 1. The summed E-state index contributed by atoms with van der Waals surface area (Å²) in [5.41, 5.74) is 2.48. The summed E-state index contributed by atoms with van der Waals surface area (Å²) in [6.45, 7) is 3.25. The molecule has 0 unspecified atom stereocenters. The highest BCUT2D eigenvalue weighted by molar-refractivity contribution is 6.30. The number of hydrogen-bond acceptors (Lipinski definition) is 5. The van der Waals surface area contributed by atoms with Gasteiger partial charge in [0.05, 0.1) is 11.2 Å². The highest BCUT2D eigenvalue weighted by Gasteiger charge is 2.34. The van der Waals surface area contributed by atoms with Crippen LogP contribution in [-0.4, -0.2) is 29.0 Å². The average Bonchev–Trinajstić information content (AvgIpc) is 3.28. The molecule has 6 heteroatoms. The first-order valence-electron chi connectivity index (χ1n) is 11.8. The van der Waals surface area contributed by atoms with Crippen LogP contribution in [0, 0.1) is 6.92 Å². The zero-order valence-corrected chi connectivity index (χ0v) is 20.3. The summed E-state index contributed by atoms with van der Waals surface area (Å²) in [6, 6.07) is 22.9. The number of aromatic nitrogens is 1. The van der Waals surface area contributed by atoms with Crippen LogP contribution in [0.25, 0.3) is 11.3 Å². The molecule has 4 aromatic rings. The number of aryl methyl sites for hydroxylation is 1. The van der Waals surface area contributed by atoms with Crippen LogP contribution in [0.2, 0.25) is 5.02 Å². The Balaban J connectivity index is 1.22. The van der Waals surface area contributed by atoms with Gasteiger partial charge in [0, 0.05) is 36.3 Å². The van der Waals surface area contributed by atoms with Gasteiger partial charge < -0.3 is 14.4 Å². The smallest absolute Gasteiger partial charge is 0.170 e. The minimum atomic E-state index is -0.794. The Bertz CT molecular complexity index is 1310. The Hall–Kier alpha value is -3.41. The SMILES string of the molecule is Cc1oc(-c2ccc(Cl)cc2)cc1C(=O)Cc1ccc(N2CCC(O)(c3ccccc3)CC2)nc1. The van der Waals surface area contributed by atoms with E-state index >= 15 is 0 Å². The molecule has 2 aromatic carbocycles. The highest BCUT2D eigenvalue weighted by atomic mass is 35.5. The Morgan fingerprint density at radius 1 is 1.06 bits per heavy atom. The third-order valence-electron chi connectivity index (χ3n) is 6.75. The van der Waals surface area contributed by atoms with Gasteiger partial charge in [-0.2, -0.15) is 0 Å². The normalized spacial score (nSPS) is 15.2. The molecule has 1 aliphatic heterocycles. The molecule has 5 nitrogen and oxygen atoms in total. The lowest BCUT2D eigenvalue weighted by Crippen LogP contribution is -2.42. The second-order valence-corrected chi connectivity index (χ2v) is 9.53. The standard InChI is InChI=1S/C29H27ClN2O3/c1-20-25(18-27(35-20)22-8-10-24(30)11-9-22)26(33)17-21-7-12-28(31-19-21)32-15-13-29(34,14-16-32)23-5-3-2-4-6-23/h2-12,18-19,34H,13-17H2,1H3. The number of piperidine rings is 1. The highest BCUT2D eigenvalue weighted by Crippen LogP contribution is 2.34. The second-order valence-electron chi connectivity index (χ2n) is 9.10. The van der Waals surface area contributed by atoms with Gasteiger partial charge in [-0.3, -0.25) is 4.79 Å². The maximum Gasteiger partial charge on any atom is 0.170 e. The number of halogens is 1. The number of nitrogens with zero attached hydrogens (tertiary/aromatic N) is 2. The van der Waals surface area contributed by atoms with E-state index in [0.29, 0.717) is 34.9 Å². The molecule has 2 aromatic heterocycles. The molecule has 35 heavy (non-hydrogen) atoms. The predicted octanol–water partition coefficient (Wildman–Crippen LogP) is 6.22. The van der Waals surface area contributed by atoms with Crippen LogP contribution in [0.3, 0.4) is 0 Å². The third kappa shape index (κ3) is 5.02. The molecule has 0 atom stereocenters. The number of hydrogen-bond donors (Lipinski definition) is 1. The van der Waals surface area contributed by atoms with Gasteiger partial charge in [-0.1, -0.05) is 48.0 Å². The van der Waals surface area contributed by atoms with Crippen LogP contribution in [0.15, 0.2) is 83.4 Å². The van der Waals surface area contributed by atoms with E-state index < -0.39 is 5.60 Å². The van der Waals surface area contributed by atoms with Crippen molar-refractivity contribution in [2.45, 2.75) is 31.8 Å². The number of rotatable bonds is 6. The van der Waals surface area contributed by atoms with E-state index in [-0.39, 0.29) is 12.2 Å². The molecule has 1 N–H and O–H groups in total. The van der Waals surface area contributed by atoms with Crippen molar-refractivity contribution in [2.24, 2.45) is 0 Å². The van der Waals surface area contributed by atoms with Crippen LogP contribution >= 0.6 is 11.6 Å². The lowest BCUT2D eigenvalue weighted by atomic mass is 9.84. The van der Waals surface area contributed by atoms with E-state index in [4.69, 9.17) is 16.0 Å². The van der Waals surface area contributed by atoms with E-state index in [9.17, 15) is 9.90 Å². The third-order valence-corrected chi connectivity index (χ3v) is 7.00. The molecule has 0 bridgehead atoms. The molecule has 0 radical (unpaired) electrons. The summed E-state index contributed by atoms with van der Waals surface area (Å²) in [7, 11) is 0. The van der Waals surface area contributed by atoms with E-state index in [0.717, 1.165) is 35.6 Å². The molecule has 1 saturated heterocycles. The summed E-state index contributed by atoms with van der Waals surface area (Å²) in [5, 5.41) is 11.7. The van der Waals surface area contributed by atoms with Crippen molar-refractivity contribution in [3.8, 4) is 11.3 Å². The van der Waals surface area contributed by atoms with Crippen molar-refractivity contribution in [1.29, 1.82) is 0 Å². The van der Waals surface area contributed by atoms with E-state index in [1.54, 1.807) is 31.3 Å². The molecule has 0 spiro atoms. The summed E-state index contributed by atoms with van der Waals surface area (Å²) >= 11 is 5.97. The molecule has 3 heterocycles.